The quantitative estimate of drug-likeness (QED) is 0.782. The molecule has 0 radical (unpaired) electrons. The van der Waals surface area contributed by atoms with E-state index in [1.54, 1.807) is 11.0 Å². The Morgan fingerprint density at radius 2 is 1.88 bits per heavy atom. The van der Waals surface area contributed by atoms with Crippen LogP contribution in [0, 0.1) is 5.92 Å². The summed E-state index contributed by atoms with van der Waals surface area (Å²) in [6.07, 6.45) is 3.16. The number of aromatic nitrogens is 3. The lowest BCUT2D eigenvalue weighted by molar-refractivity contribution is -0.121. The van der Waals surface area contributed by atoms with Crippen LogP contribution in [-0.2, 0) is 11.3 Å². The summed E-state index contributed by atoms with van der Waals surface area (Å²) in [4.78, 5) is 16.4. The highest BCUT2D eigenvalue weighted by atomic mass is 16.2. The monoisotopic (exact) mass is 330 g/mol. The number of rotatable bonds is 5. The molecule has 124 valence electrons. The van der Waals surface area contributed by atoms with Gasteiger partial charge in [-0.25, -0.2) is 9.67 Å². The van der Waals surface area contributed by atoms with Crippen LogP contribution in [0.3, 0.4) is 0 Å². The van der Waals surface area contributed by atoms with Gasteiger partial charge >= 0.3 is 0 Å². The first-order valence-corrected chi connectivity index (χ1v) is 8.22. The molecule has 2 aromatic carbocycles. The second-order valence-corrected chi connectivity index (χ2v) is 6.12. The molecule has 5 heteroatoms. The van der Waals surface area contributed by atoms with E-state index in [2.05, 4.69) is 27.5 Å². The number of carbonyl (C=O) groups is 1. The van der Waals surface area contributed by atoms with E-state index in [0.717, 1.165) is 28.0 Å². The van der Waals surface area contributed by atoms with E-state index in [0.29, 0.717) is 6.54 Å². The van der Waals surface area contributed by atoms with Crippen molar-refractivity contribution in [3.63, 3.8) is 0 Å². The van der Waals surface area contributed by atoms with E-state index >= 15 is 0 Å². The maximum atomic E-state index is 12.5. The third-order valence-corrected chi connectivity index (χ3v) is 4.50. The first-order valence-electron chi connectivity index (χ1n) is 8.22. The lowest BCUT2D eigenvalue weighted by Crippen LogP contribution is -2.25. The maximum Gasteiger partial charge on any atom is 0.231 e. The smallest absolute Gasteiger partial charge is 0.231 e. The number of amides is 1. The molecule has 4 rings (SSSR count). The summed E-state index contributed by atoms with van der Waals surface area (Å²) in [5.74, 6) is -0.0199. The van der Waals surface area contributed by atoms with Gasteiger partial charge in [-0.2, -0.15) is 5.10 Å². The zero-order chi connectivity index (χ0) is 17.2. The molecule has 1 heterocycles. The minimum atomic E-state index is -0.0863. The normalized spacial score (nSPS) is 16.0. The average Bonchev–Trinajstić information content (AvgIpc) is 3.07. The Kier molecular flexibility index (Phi) is 3.90. The Balaban J connectivity index is 1.35. The highest BCUT2D eigenvalue weighted by Crippen LogP contribution is 2.46. The topological polar surface area (TPSA) is 59.8 Å². The zero-order valence-electron chi connectivity index (χ0n) is 13.9. The van der Waals surface area contributed by atoms with Gasteiger partial charge in [0.05, 0.1) is 11.6 Å². The number of hydrogen-bond acceptors (Lipinski definition) is 3. The predicted octanol–water partition coefficient (Wildman–Crippen LogP) is 2.99. The molecule has 1 aliphatic rings. The molecule has 5 nitrogen and oxygen atoms in total. The van der Waals surface area contributed by atoms with Crippen molar-refractivity contribution in [2.24, 2.45) is 5.92 Å². The molecular formula is C20H18N4O. The number of benzene rings is 2. The molecular weight excluding hydrogens is 312 g/mol. The molecule has 1 aromatic heterocycles. The molecule has 25 heavy (non-hydrogen) atoms. The Hall–Kier alpha value is -3.21. The van der Waals surface area contributed by atoms with Crippen LogP contribution in [-0.4, -0.2) is 20.7 Å². The van der Waals surface area contributed by atoms with Crippen LogP contribution in [0.1, 0.15) is 18.1 Å². The summed E-state index contributed by atoms with van der Waals surface area (Å²) >= 11 is 0. The van der Waals surface area contributed by atoms with Crippen molar-refractivity contribution < 1.29 is 4.79 Å². The Labute approximate surface area is 146 Å². The van der Waals surface area contributed by atoms with E-state index in [4.69, 9.17) is 0 Å². The molecule has 0 unspecified atom stereocenters. The van der Waals surface area contributed by atoms with E-state index < -0.39 is 0 Å². The van der Waals surface area contributed by atoms with Gasteiger partial charge in [-0.3, -0.25) is 4.79 Å². The fraction of sp³-hybridized carbons (Fsp3) is 0.150. The third-order valence-electron chi connectivity index (χ3n) is 4.50. The predicted molar refractivity (Wildman–Crippen MR) is 95.7 cm³/mol. The van der Waals surface area contributed by atoms with E-state index in [9.17, 15) is 4.79 Å². The SMILES string of the molecule is CC1=C(c2ccccc2)[C@@H]1C(=O)NCc1ccc(-n2cncn2)cc1. The summed E-state index contributed by atoms with van der Waals surface area (Å²) in [6.45, 7) is 2.54. The van der Waals surface area contributed by atoms with Gasteiger partial charge in [-0.15, -0.1) is 0 Å². The summed E-state index contributed by atoms with van der Waals surface area (Å²) in [7, 11) is 0. The van der Waals surface area contributed by atoms with Crippen LogP contribution >= 0.6 is 0 Å². The van der Waals surface area contributed by atoms with Gasteiger partial charge in [-0.1, -0.05) is 48.0 Å². The van der Waals surface area contributed by atoms with Crippen LogP contribution in [0.25, 0.3) is 11.3 Å². The van der Waals surface area contributed by atoms with Crippen molar-refractivity contribution in [3.05, 3.63) is 84.0 Å². The van der Waals surface area contributed by atoms with E-state index in [-0.39, 0.29) is 11.8 Å². The van der Waals surface area contributed by atoms with Gasteiger partial charge in [0.25, 0.3) is 0 Å². The molecule has 0 saturated heterocycles. The third kappa shape index (κ3) is 3.08. The van der Waals surface area contributed by atoms with Crippen molar-refractivity contribution in [1.82, 2.24) is 20.1 Å². The van der Waals surface area contributed by atoms with Gasteiger partial charge in [-0.05, 0) is 35.8 Å². The fourth-order valence-corrected chi connectivity index (χ4v) is 3.07. The van der Waals surface area contributed by atoms with Crippen LogP contribution in [0.5, 0.6) is 0 Å². The van der Waals surface area contributed by atoms with Gasteiger partial charge in [0.2, 0.25) is 5.91 Å². The van der Waals surface area contributed by atoms with Crippen molar-refractivity contribution in [1.29, 1.82) is 0 Å². The largest absolute Gasteiger partial charge is 0.351 e. The van der Waals surface area contributed by atoms with Gasteiger partial charge in [0, 0.05) is 6.54 Å². The fourth-order valence-electron chi connectivity index (χ4n) is 3.07. The second kappa shape index (κ2) is 6.36. The van der Waals surface area contributed by atoms with Crippen molar-refractivity contribution in [3.8, 4) is 5.69 Å². The Bertz CT molecular complexity index is 912. The van der Waals surface area contributed by atoms with Crippen molar-refractivity contribution in [2.45, 2.75) is 13.5 Å². The molecule has 1 N–H and O–H groups in total. The number of nitrogens with one attached hydrogen (secondary N) is 1. The van der Waals surface area contributed by atoms with Crippen LogP contribution in [0.2, 0.25) is 0 Å². The number of carbonyl (C=O) groups excluding carboxylic acids is 1. The van der Waals surface area contributed by atoms with E-state index in [1.165, 1.54) is 6.33 Å². The molecule has 0 fully saturated rings. The zero-order valence-corrected chi connectivity index (χ0v) is 13.9. The highest BCUT2D eigenvalue weighted by Gasteiger charge is 2.39. The second-order valence-electron chi connectivity index (χ2n) is 6.12. The minimum Gasteiger partial charge on any atom is -0.351 e. The lowest BCUT2D eigenvalue weighted by Gasteiger charge is -2.07. The average molecular weight is 330 g/mol. The summed E-state index contributed by atoms with van der Waals surface area (Å²) in [5, 5.41) is 7.13. The van der Waals surface area contributed by atoms with Gasteiger partial charge in [0.15, 0.2) is 0 Å². The van der Waals surface area contributed by atoms with Crippen LogP contribution < -0.4 is 5.32 Å². The number of nitrogens with zero attached hydrogens (tertiary/aromatic N) is 3. The summed E-state index contributed by atoms with van der Waals surface area (Å²) in [5.41, 5.74) is 5.44. The molecule has 3 aromatic rings. The Morgan fingerprint density at radius 1 is 1.12 bits per heavy atom. The maximum absolute atomic E-state index is 12.5. The molecule has 0 aliphatic heterocycles. The first kappa shape index (κ1) is 15.3. The van der Waals surface area contributed by atoms with E-state index in [1.807, 2.05) is 49.4 Å². The number of hydrogen-bond donors (Lipinski definition) is 1. The lowest BCUT2D eigenvalue weighted by atomic mass is 10.1. The molecule has 1 aliphatic carbocycles. The first-order chi connectivity index (χ1) is 12.2. The standard InChI is InChI=1S/C20H18N4O/c1-14-18(16-5-3-2-4-6-16)19(14)20(25)22-11-15-7-9-17(10-8-15)24-13-21-12-23-24/h2-10,12-13,19H,11H2,1H3,(H,22,25)/t19-/m1/s1. The van der Waals surface area contributed by atoms with Crippen molar-refractivity contribution in [2.75, 3.05) is 0 Å². The molecule has 1 atom stereocenters. The summed E-state index contributed by atoms with van der Waals surface area (Å²) < 4.78 is 1.70. The van der Waals surface area contributed by atoms with Gasteiger partial charge in [0.1, 0.15) is 12.7 Å². The molecule has 0 spiro atoms. The Morgan fingerprint density at radius 3 is 2.56 bits per heavy atom. The minimum absolute atomic E-state index is 0.0664. The molecule has 0 bridgehead atoms. The summed E-state index contributed by atoms with van der Waals surface area (Å²) in [6, 6.07) is 18.0. The molecule has 1 amide bonds. The van der Waals surface area contributed by atoms with Crippen LogP contribution in [0.15, 0.2) is 72.8 Å². The highest BCUT2D eigenvalue weighted by molar-refractivity contribution is 6.05. The van der Waals surface area contributed by atoms with Crippen molar-refractivity contribution >= 4 is 11.5 Å². The van der Waals surface area contributed by atoms with Gasteiger partial charge < -0.3 is 5.32 Å². The van der Waals surface area contributed by atoms with Crippen LogP contribution in [0.4, 0.5) is 0 Å². The molecule has 0 saturated carbocycles.